The maximum Gasteiger partial charge on any atom is 0.433 e. The van der Waals surface area contributed by atoms with Gasteiger partial charge in [0.15, 0.2) is 0 Å². The third-order valence-electron chi connectivity index (χ3n) is 2.91. The fourth-order valence-corrected chi connectivity index (χ4v) is 1.93. The van der Waals surface area contributed by atoms with Crippen LogP contribution < -0.4 is 5.32 Å². The highest BCUT2D eigenvalue weighted by Crippen LogP contribution is 2.28. The van der Waals surface area contributed by atoms with E-state index in [0.717, 1.165) is 18.9 Å². The van der Waals surface area contributed by atoms with Crippen molar-refractivity contribution in [3.8, 4) is 0 Å². The van der Waals surface area contributed by atoms with Crippen LogP contribution in [0, 0.1) is 0 Å². The minimum atomic E-state index is -4.39. The monoisotopic (exact) mass is 260 g/mol. The van der Waals surface area contributed by atoms with E-state index in [9.17, 15) is 13.2 Å². The lowest BCUT2D eigenvalue weighted by molar-refractivity contribution is -0.141. The molecule has 1 aromatic heterocycles. The number of nitrogens with one attached hydrogen (secondary N) is 1. The zero-order chi connectivity index (χ0) is 13.2. The molecule has 2 atom stereocenters. The average molecular weight is 260 g/mol. The number of hydrogen-bond donors (Lipinski definition) is 1. The van der Waals surface area contributed by atoms with Gasteiger partial charge in [-0.3, -0.25) is 0 Å². The van der Waals surface area contributed by atoms with Crippen molar-refractivity contribution in [3.05, 3.63) is 24.0 Å². The summed E-state index contributed by atoms with van der Waals surface area (Å²) >= 11 is 0. The van der Waals surface area contributed by atoms with Crippen molar-refractivity contribution in [1.82, 2.24) is 4.98 Å². The Balaban J connectivity index is 1.87. The quantitative estimate of drug-likeness (QED) is 0.906. The molecule has 0 amide bonds. The topological polar surface area (TPSA) is 34.2 Å². The number of ether oxygens (including phenoxy) is 1. The zero-order valence-electron chi connectivity index (χ0n) is 10.00. The molecule has 2 heterocycles. The van der Waals surface area contributed by atoms with Gasteiger partial charge >= 0.3 is 6.18 Å². The Bertz CT molecular complexity index is 391. The van der Waals surface area contributed by atoms with E-state index in [2.05, 4.69) is 10.3 Å². The van der Waals surface area contributed by atoms with Crippen molar-refractivity contribution < 1.29 is 17.9 Å². The van der Waals surface area contributed by atoms with Gasteiger partial charge in [0.05, 0.1) is 24.1 Å². The van der Waals surface area contributed by atoms with Crippen LogP contribution in [0.1, 0.15) is 25.5 Å². The van der Waals surface area contributed by atoms with Crippen LogP contribution in [0.25, 0.3) is 0 Å². The molecule has 1 fully saturated rings. The van der Waals surface area contributed by atoms with E-state index < -0.39 is 11.9 Å². The first-order valence-corrected chi connectivity index (χ1v) is 5.88. The number of rotatable bonds is 3. The Morgan fingerprint density at radius 3 is 2.67 bits per heavy atom. The molecule has 1 aromatic rings. The summed E-state index contributed by atoms with van der Waals surface area (Å²) in [7, 11) is 0. The van der Waals surface area contributed by atoms with Crippen LogP contribution in [0.5, 0.6) is 0 Å². The van der Waals surface area contributed by atoms with Crippen LogP contribution in [0.3, 0.4) is 0 Å². The lowest BCUT2D eigenvalue weighted by Crippen LogP contribution is -2.20. The minimum absolute atomic E-state index is 0.127. The van der Waals surface area contributed by atoms with Gasteiger partial charge in [-0.2, -0.15) is 13.2 Å². The summed E-state index contributed by atoms with van der Waals surface area (Å²) in [4.78, 5) is 3.38. The van der Waals surface area contributed by atoms with E-state index in [-0.39, 0.29) is 12.2 Å². The smallest absolute Gasteiger partial charge is 0.381 e. The Morgan fingerprint density at radius 1 is 1.39 bits per heavy atom. The first-order chi connectivity index (χ1) is 8.45. The fraction of sp³-hybridized carbons (Fsp3) is 0.583. The maximum atomic E-state index is 12.3. The molecule has 0 bridgehead atoms. The molecule has 1 saturated heterocycles. The molecular weight excluding hydrogens is 245 g/mol. The first kappa shape index (κ1) is 13.1. The lowest BCUT2D eigenvalue weighted by atomic mass is 10.2. The highest BCUT2D eigenvalue weighted by molar-refractivity contribution is 5.41. The van der Waals surface area contributed by atoms with Gasteiger partial charge in [-0.1, -0.05) is 0 Å². The van der Waals surface area contributed by atoms with Crippen molar-refractivity contribution in [2.75, 3.05) is 11.9 Å². The van der Waals surface area contributed by atoms with Crippen LogP contribution in [-0.4, -0.2) is 23.7 Å². The van der Waals surface area contributed by atoms with Crippen LogP contribution in [0.4, 0.5) is 18.9 Å². The van der Waals surface area contributed by atoms with Gasteiger partial charge in [-0.15, -0.1) is 0 Å². The molecule has 3 nitrogen and oxygen atoms in total. The van der Waals surface area contributed by atoms with Crippen LogP contribution in [-0.2, 0) is 10.9 Å². The number of alkyl halides is 3. The Labute approximate surface area is 103 Å². The van der Waals surface area contributed by atoms with Gasteiger partial charge in [0.25, 0.3) is 0 Å². The van der Waals surface area contributed by atoms with E-state index >= 15 is 0 Å². The van der Waals surface area contributed by atoms with Gasteiger partial charge in [-0.25, -0.2) is 4.98 Å². The van der Waals surface area contributed by atoms with Gasteiger partial charge in [0.1, 0.15) is 5.69 Å². The molecule has 0 saturated carbocycles. The Kier molecular flexibility index (Phi) is 3.75. The van der Waals surface area contributed by atoms with E-state index in [1.54, 1.807) is 0 Å². The fourth-order valence-electron chi connectivity index (χ4n) is 1.93. The molecule has 1 aliphatic rings. The number of anilines is 1. The summed E-state index contributed by atoms with van der Waals surface area (Å²) in [5, 5.41) is 3.03. The largest absolute Gasteiger partial charge is 0.433 e. The SMILES string of the molecule is CC1CCC(CNc2ccc(C(F)(F)F)nc2)O1. The summed E-state index contributed by atoms with van der Waals surface area (Å²) in [6.45, 7) is 2.61. The number of halogens is 3. The van der Waals surface area contributed by atoms with Crippen molar-refractivity contribution >= 4 is 5.69 Å². The van der Waals surface area contributed by atoms with Crippen molar-refractivity contribution in [1.29, 1.82) is 0 Å². The number of hydrogen-bond acceptors (Lipinski definition) is 3. The molecule has 6 heteroatoms. The zero-order valence-corrected chi connectivity index (χ0v) is 10.00. The first-order valence-electron chi connectivity index (χ1n) is 5.88. The predicted octanol–water partition coefficient (Wildman–Crippen LogP) is 3.08. The Hall–Kier alpha value is -1.30. The maximum absolute atomic E-state index is 12.3. The van der Waals surface area contributed by atoms with Gasteiger partial charge in [0, 0.05) is 6.54 Å². The summed E-state index contributed by atoms with van der Waals surface area (Å²) in [6.07, 6.45) is -0.798. The normalized spacial score (nSPS) is 24.2. The van der Waals surface area contributed by atoms with E-state index in [0.29, 0.717) is 12.2 Å². The number of aromatic nitrogens is 1. The highest BCUT2D eigenvalue weighted by Gasteiger charge is 2.32. The standard InChI is InChI=1S/C12H15F3N2O/c1-8-2-4-10(18-8)7-16-9-3-5-11(17-6-9)12(13,14)15/h3,5-6,8,10,16H,2,4,7H2,1H3. The molecular formula is C12H15F3N2O. The molecule has 0 spiro atoms. The second-order valence-corrected chi connectivity index (χ2v) is 4.46. The van der Waals surface area contributed by atoms with Crippen molar-refractivity contribution in [2.24, 2.45) is 0 Å². The van der Waals surface area contributed by atoms with Gasteiger partial charge in [-0.05, 0) is 31.9 Å². The summed E-state index contributed by atoms with van der Waals surface area (Å²) in [6, 6.07) is 2.36. The molecule has 2 rings (SSSR count). The van der Waals surface area contributed by atoms with E-state index in [4.69, 9.17) is 4.74 Å². The van der Waals surface area contributed by atoms with E-state index in [1.807, 2.05) is 6.92 Å². The van der Waals surface area contributed by atoms with Crippen molar-refractivity contribution in [2.45, 2.75) is 38.1 Å². The van der Waals surface area contributed by atoms with E-state index in [1.165, 1.54) is 12.3 Å². The molecule has 100 valence electrons. The molecule has 1 aliphatic heterocycles. The molecule has 0 aliphatic carbocycles. The highest BCUT2D eigenvalue weighted by atomic mass is 19.4. The third kappa shape index (κ3) is 3.35. The average Bonchev–Trinajstić information content (AvgIpc) is 2.72. The van der Waals surface area contributed by atoms with Crippen LogP contribution in [0.2, 0.25) is 0 Å². The Morgan fingerprint density at radius 2 is 2.17 bits per heavy atom. The second kappa shape index (κ2) is 5.14. The lowest BCUT2D eigenvalue weighted by Gasteiger charge is -2.13. The molecule has 0 radical (unpaired) electrons. The molecule has 18 heavy (non-hydrogen) atoms. The molecule has 2 unspecified atom stereocenters. The molecule has 0 aromatic carbocycles. The van der Waals surface area contributed by atoms with Crippen molar-refractivity contribution in [3.63, 3.8) is 0 Å². The van der Waals surface area contributed by atoms with Gasteiger partial charge in [0.2, 0.25) is 0 Å². The third-order valence-corrected chi connectivity index (χ3v) is 2.91. The number of nitrogens with zero attached hydrogens (tertiary/aromatic N) is 1. The summed E-state index contributed by atoms with van der Waals surface area (Å²) < 4.78 is 42.5. The summed E-state index contributed by atoms with van der Waals surface area (Å²) in [5.41, 5.74) is -0.301. The minimum Gasteiger partial charge on any atom is -0.381 e. The molecule has 1 N–H and O–H groups in total. The van der Waals surface area contributed by atoms with Gasteiger partial charge < -0.3 is 10.1 Å². The summed E-state index contributed by atoms with van der Waals surface area (Å²) in [5.74, 6) is 0. The predicted molar refractivity (Wildman–Crippen MR) is 61.3 cm³/mol. The van der Waals surface area contributed by atoms with Crippen LogP contribution >= 0.6 is 0 Å². The second-order valence-electron chi connectivity index (χ2n) is 4.46. The number of pyridine rings is 1. The van der Waals surface area contributed by atoms with Crippen LogP contribution in [0.15, 0.2) is 18.3 Å².